The minimum Gasteiger partial charge on any atom is -0.397 e. The van der Waals surface area contributed by atoms with Crippen LogP contribution < -0.4 is 11.1 Å². The molecule has 15 heavy (non-hydrogen) atoms. The zero-order valence-corrected chi connectivity index (χ0v) is 9.50. The van der Waals surface area contributed by atoms with Crippen molar-refractivity contribution in [2.75, 3.05) is 12.3 Å². The number of aromatic nitrogens is 1. The van der Waals surface area contributed by atoms with Crippen molar-refractivity contribution in [1.29, 1.82) is 0 Å². The number of aromatic amines is 1. The maximum Gasteiger partial charge on any atom is 0.267 e. The number of nitrogens with two attached hydrogens (primary N) is 1. The van der Waals surface area contributed by atoms with Crippen molar-refractivity contribution in [2.24, 2.45) is 11.8 Å². The van der Waals surface area contributed by atoms with Crippen molar-refractivity contribution in [3.05, 3.63) is 18.0 Å². The largest absolute Gasteiger partial charge is 0.397 e. The standard InChI is InChI=1S/C11H19N3O/c1-7(2)8(3)5-14-11(15)10-4-9(12)6-13-10/h4,6-8,13H,5,12H2,1-3H3,(H,14,15). The van der Waals surface area contributed by atoms with Gasteiger partial charge in [0.1, 0.15) is 5.69 Å². The molecule has 4 nitrogen and oxygen atoms in total. The molecule has 0 saturated heterocycles. The minimum atomic E-state index is -0.0980. The van der Waals surface area contributed by atoms with Crippen LogP contribution in [-0.4, -0.2) is 17.4 Å². The zero-order chi connectivity index (χ0) is 11.4. The fraction of sp³-hybridized carbons (Fsp3) is 0.545. The Morgan fingerprint density at radius 2 is 2.20 bits per heavy atom. The Morgan fingerprint density at radius 3 is 2.67 bits per heavy atom. The highest BCUT2D eigenvalue weighted by atomic mass is 16.1. The Kier molecular flexibility index (Phi) is 3.77. The molecule has 4 heteroatoms. The summed E-state index contributed by atoms with van der Waals surface area (Å²) in [5.41, 5.74) is 6.61. The lowest BCUT2D eigenvalue weighted by molar-refractivity contribution is 0.0940. The Labute approximate surface area is 90.2 Å². The summed E-state index contributed by atoms with van der Waals surface area (Å²) in [5.74, 6) is 0.944. The molecule has 0 aromatic carbocycles. The molecule has 0 bridgehead atoms. The third-order valence-corrected chi connectivity index (χ3v) is 2.67. The number of nitrogen functional groups attached to an aromatic ring is 1. The number of hydrogen-bond acceptors (Lipinski definition) is 2. The predicted octanol–water partition coefficient (Wildman–Crippen LogP) is 1.62. The van der Waals surface area contributed by atoms with Crippen LogP contribution in [0.2, 0.25) is 0 Å². The quantitative estimate of drug-likeness (QED) is 0.705. The van der Waals surface area contributed by atoms with E-state index in [4.69, 9.17) is 5.73 Å². The van der Waals surface area contributed by atoms with Crippen LogP contribution in [0, 0.1) is 11.8 Å². The maximum atomic E-state index is 11.6. The van der Waals surface area contributed by atoms with Gasteiger partial charge in [-0.1, -0.05) is 20.8 Å². The number of carbonyl (C=O) groups excluding carboxylic acids is 1. The van der Waals surface area contributed by atoms with Crippen LogP contribution >= 0.6 is 0 Å². The van der Waals surface area contributed by atoms with E-state index in [-0.39, 0.29) is 5.91 Å². The molecule has 1 atom stereocenters. The highest BCUT2D eigenvalue weighted by Gasteiger charge is 2.11. The Bertz CT molecular complexity index is 330. The van der Waals surface area contributed by atoms with E-state index < -0.39 is 0 Å². The third-order valence-electron chi connectivity index (χ3n) is 2.67. The summed E-state index contributed by atoms with van der Waals surface area (Å²) in [6, 6.07) is 1.63. The van der Waals surface area contributed by atoms with Crippen molar-refractivity contribution in [1.82, 2.24) is 10.3 Å². The summed E-state index contributed by atoms with van der Waals surface area (Å²) in [6.07, 6.45) is 1.61. The number of anilines is 1. The van der Waals surface area contributed by atoms with E-state index in [0.29, 0.717) is 29.8 Å². The molecule has 0 aliphatic carbocycles. The van der Waals surface area contributed by atoms with Crippen molar-refractivity contribution in [3.8, 4) is 0 Å². The van der Waals surface area contributed by atoms with Gasteiger partial charge in [-0.2, -0.15) is 0 Å². The molecular weight excluding hydrogens is 190 g/mol. The highest BCUT2D eigenvalue weighted by Crippen LogP contribution is 2.08. The van der Waals surface area contributed by atoms with Gasteiger partial charge >= 0.3 is 0 Å². The van der Waals surface area contributed by atoms with Gasteiger partial charge in [0.2, 0.25) is 0 Å². The van der Waals surface area contributed by atoms with Gasteiger partial charge in [0.05, 0.1) is 0 Å². The summed E-state index contributed by atoms with van der Waals surface area (Å²) in [5, 5.41) is 2.87. The summed E-state index contributed by atoms with van der Waals surface area (Å²) in [4.78, 5) is 14.4. The zero-order valence-electron chi connectivity index (χ0n) is 9.50. The molecule has 0 aliphatic rings. The smallest absolute Gasteiger partial charge is 0.267 e. The average Bonchev–Trinajstić information content (AvgIpc) is 2.60. The van der Waals surface area contributed by atoms with E-state index in [2.05, 4.69) is 31.1 Å². The number of carbonyl (C=O) groups is 1. The molecule has 1 heterocycles. The van der Waals surface area contributed by atoms with Crippen LogP contribution in [0.5, 0.6) is 0 Å². The van der Waals surface area contributed by atoms with Gasteiger partial charge in [-0.05, 0) is 17.9 Å². The number of amides is 1. The molecule has 0 saturated carbocycles. The van der Waals surface area contributed by atoms with Crippen LogP contribution in [0.15, 0.2) is 12.3 Å². The first kappa shape index (κ1) is 11.6. The molecule has 4 N–H and O–H groups in total. The Morgan fingerprint density at radius 1 is 1.53 bits per heavy atom. The minimum absolute atomic E-state index is 0.0980. The first-order valence-electron chi connectivity index (χ1n) is 5.22. The fourth-order valence-corrected chi connectivity index (χ4v) is 1.13. The molecule has 1 rings (SSSR count). The average molecular weight is 209 g/mol. The molecular formula is C11H19N3O. The summed E-state index contributed by atoms with van der Waals surface area (Å²) in [7, 11) is 0. The van der Waals surface area contributed by atoms with E-state index in [1.165, 1.54) is 0 Å². The van der Waals surface area contributed by atoms with E-state index in [9.17, 15) is 4.79 Å². The van der Waals surface area contributed by atoms with Gasteiger partial charge < -0.3 is 16.0 Å². The Hall–Kier alpha value is -1.45. The molecule has 0 radical (unpaired) electrons. The molecule has 84 valence electrons. The van der Waals surface area contributed by atoms with Gasteiger partial charge in [0.25, 0.3) is 5.91 Å². The van der Waals surface area contributed by atoms with Crippen LogP contribution in [-0.2, 0) is 0 Å². The topological polar surface area (TPSA) is 70.9 Å². The monoisotopic (exact) mass is 209 g/mol. The fourth-order valence-electron chi connectivity index (χ4n) is 1.13. The van der Waals surface area contributed by atoms with Crippen molar-refractivity contribution in [3.63, 3.8) is 0 Å². The second-order valence-corrected chi connectivity index (χ2v) is 4.28. The molecule has 0 fully saturated rings. The lowest BCUT2D eigenvalue weighted by atomic mass is 9.98. The van der Waals surface area contributed by atoms with Gasteiger partial charge in [0.15, 0.2) is 0 Å². The van der Waals surface area contributed by atoms with Crippen LogP contribution in [0.1, 0.15) is 31.3 Å². The lowest BCUT2D eigenvalue weighted by Crippen LogP contribution is -2.30. The second-order valence-electron chi connectivity index (χ2n) is 4.28. The van der Waals surface area contributed by atoms with E-state index >= 15 is 0 Å². The lowest BCUT2D eigenvalue weighted by Gasteiger charge is -2.15. The Balaban J connectivity index is 2.43. The summed E-state index contributed by atoms with van der Waals surface area (Å²) < 4.78 is 0. The molecule has 1 amide bonds. The maximum absolute atomic E-state index is 11.6. The molecule has 0 aliphatic heterocycles. The van der Waals surface area contributed by atoms with Crippen molar-refractivity contribution >= 4 is 11.6 Å². The molecule has 1 aromatic rings. The van der Waals surface area contributed by atoms with Gasteiger partial charge in [-0.25, -0.2) is 0 Å². The van der Waals surface area contributed by atoms with E-state index in [1.807, 2.05) is 0 Å². The number of hydrogen-bond donors (Lipinski definition) is 3. The highest BCUT2D eigenvalue weighted by molar-refractivity contribution is 5.93. The van der Waals surface area contributed by atoms with Crippen LogP contribution in [0.4, 0.5) is 5.69 Å². The number of rotatable bonds is 4. The molecule has 1 aromatic heterocycles. The number of H-pyrrole nitrogens is 1. The normalized spacial score (nSPS) is 12.8. The van der Waals surface area contributed by atoms with Crippen LogP contribution in [0.25, 0.3) is 0 Å². The molecule has 1 unspecified atom stereocenters. The second kappa shape index (κ2) is 4.87. The SMILES string of the molecule is CC(C)C(C)CNC(=O)c1cc(N)c[nH]1. The molecule has 0 spiro atoms. The van der Waals surface area contributed by atoms with Gasteiger partial charge in [-0.15, -0.1) is 0 Å². The third kappa shape index (κ3) is 3.31. The first-order valence-corrected chi connectivity index (χ1v) is 5.22. The number of nitrogens with one attached hydrogen (secondary N) is 2. The summed E-state index contributed by atoms with van der Waals surface area (Å²) in [6.45, 7) is 7.09. The van der Waals surface area contributed by atoms with Gasteiger partial charge in [0, 0.05) is 18.4 Å². The van der Waals surface area contributed by atoms with Gasteiger partial charge in [-0.3, -0.25) is 4.79 Å². The van der Waals surface area contributed by atoms with E-state index in [1.54, 1.807) is 12.3 Å². The van der Waals surface area contributed by atoms with Crippen molar-refractivity contribution < 1.29 is 4.79 Å². The summed E-state index contributed by atoms with van der Waals surface area (Å²) >= 11 is 0. The van der Waals surface area contributed by atoms with Crippen LogP contribution in [0.3, 0.4) is 0 Å². The van der Waals surface area contributed by atoms with Crippen molar-refractivity contribution in [2.45, 2.75) is 20.8 Å². The predicted molar refractivity (Wildman–Crippen MR) is 61.5 cm³/mol. The van der Waals surface area contributed by atoms with E-state index in [0.717, 1.165) is 0 Å². The first-order chi connectivity index (χ1) is 7.00.